The molecule has 1 aromatic carbocycles. The largest absolute Gasteiger partial charge is 0.508 e. The first kappa shape index (κ1) is 37.7. The molecule has 0 spiro atoms. The number of aromatic hydroxyl groups is 1. The van der Waals surface area contributed by atoms with Crippen molar-refractivity contribution in [2.45, 2.75) is 19.4 Å². The van der Waals surface area contributed by atoms with Crippen LogP contribution in [0.15, 0.2) is 24.4 Å². The molecule has 1 unspecified atom stereocenters. The second-order valence-corrected chi connectivity index (χ2v) is 10.8. The van der Waals surface area contributed by atoms with Gasteiger partial charge in [-0.3, -0.25) is 29.2 Å². The first-order valence-electron chi connectivity index (χ1n) is 14.9. The summed E-state index contributed by atoms with van der Waals surface area (Å²) in [5.74, 6) is -0.322. The van der Waals surface area contributed by atoms with E-state index in [2.05, 4.69) is 35.2 Å². The van der Waals surface area contributed by atoms with Crippen molar-refractivity contribution in [3.05, 3.63) is 30.0 Å². The number of hydrogen-bond acceptors (Lipinski definition) is 10. The van der Waals surface area contributed by atoms with Gasteiger partial charge in [0.1, 0.15) is 5.75 Å². The van der Waals surface area contributed by atoms with E-state index in [0.717, 1.165) is 42.6 Å². The first-order chi connectivity index (χ1) is 20.3. The normalized spacial score (nSPS) is 17.5. The number of amides is 2. The number of phenolic OH excluding ortho intramolecular Hbond substituents is 1. The third-order valence-electron chi connectivity index (χ3n) is 7.94. The van der Waals surface area contributed by atoms with Gasteiger partial charge in [-0.15, -0.1) is 0 Å². The molecule has 13 nitrogen and oxygen atoms in total. The second kappa shape index (κ2) is 20.6. The van der Waals surface area contributed by atoms with Crippen LogP contribution in [0.1, 0.15) is 12.5 Å². The zero-order chi connectivity index (χ0) is 30.3. The summed E-state index contributed by atoms with van der Waals surface area (Å²) >= 11 is 0. The maximum Gasteiger partial charge on any atom is 0.239 e. The van der Waals surface area contributed by atoms with Crippen LogP contribution >= 0.6 is 0 Å². The standard InChI is InChI=1S/C29H49N7O6.Gd/c1-23(29(42)32-22-28(41)30-5-4-24-21-31-27-3-2-25(40)20-26(24)27)36-12-10-34(15-18-38)8-6-33(14-17-37)7-9-35(11-13-36)16-19-39;/h2-3,20-21,23,31,37-40H,4-19,22H2,1H3,(H,30,41)(H,32,42);. The molecule has 0 radical (unpaired) electrons. The van der Waals surface area contributed by atoms with E-state index in [4.69, 9.17) is 0 Å². The molecule has 2 aromatic rings. The minimum Gasteiger partial charge on any atom is -0.508 e. The maximum absolute atomic E-state index is 13.1. The molecule has 2 heterocycles. The zero-order valence-electron chi connectivity index (χ0n) is 25.2. The zero-order valence-corrected chi connectivity index (χ0v) is 27.4. The van der Waals surface area contributed by atoms with Crippen molar-refractivity contribution in [1.82, 2.24) is 35.2 Å². The number of hydrogen-bond donors (Lipinski definition) is 7. The fourth-order valence-corrected chi connectivity index (χ4v) is 5.29. The SMILES string of the molecule is CC(C(=O)NCC(=O)NCCc1c[nH]c2ccc(O)cc12)N1CCN(CCO)CCN(CCO)CCN(CCO)CC1.[Gd]. The summed E-state index contributed by atoms with van der Waals surface area (Å²) in [6.07, 6.45) is 2.45. The van der Waals surface area contributed by atoms with Crippen molar-refractivity contribution in [3.63, 3.8) is 0 Å². The number of nitrogens with one attached hydrogen (secondary N) is 3. The first-order valence-corrected chi connectivity index (χ1v) is 14.9. The predicted octanol–water partition coefficient (Wildman–Crippen LogP) is -1.76. The Morgan fingerprint density at radius 1 is 0.860 bits per heavy atom. The van der Waals surface area contributed by atoms with Crippen LogP contribution < -0.4 is 10.6 Å². The fourth-order valence-electron chi connectivity index (χ4n) is 5.29. The molecule has 1 aromatic heterocycles. The number of aliphatic hydroxyl groups is 3. The van der Waals surface area contributed by atoms with E-state index in [1.807, 2.05) is 19.2 Å². The minimum absolute atomic E-state index is 0. The van der Waals surface area contributed by atoms with Crippen molar-refractivity contribution in [2.24, 2.45) is 0 Å². The number of benzene rings is 1. The third kappa shape index (κ3) is 12.8. The van der Waals surface area contributed by atoms with E-state index in [-0.39, 0.29) is 83.9 Å². The monoisotopic (exact) mass is 749 g/mol. The van der Waals surface area contributed by atoms with E-state index >= 15 is 0 Å². The number of phenols is 1. The molecule has 1 aliphatic rings. The van der Waals surface area contributed by atoms with Gasteiger partial charge in [0.2, 0.25) is 11.8 Å². The maximum atomic E-state index is 13.1. The molecule has 14 heteroatoms. The van der Waals surface area contributed by atoms with Crippen LogP contribution in [-0.2, 0) is 16.0 Å². The molecule has 1 fully saturated rings. The Kier molecular flexibility index (Phi) is 18.0. The van der Waals surface area contributed by atoms with Gasteiger partial charge in [-0.05, 0) is 37.1 Å². The summed E-state index contributed by atoms with van der Waals surface area (Å²) in [5, 5.41) is 44.9. The summed E-state index contributed by atoms with van der Waals surface area (Å²) in [4.78, 5) is 37.3. The van der Waals surface area contributed by atoms with Gasteiger partial charge in [0.05, 0.1) is 32.4 Å². The Bertz CT molecular complexity index is 1080. The van der Waals surface area contributed by atoms with Crippen LogP contribution in [0.25, 0.3) is 10.9 Å². The minimum atomic E-state index is -0.475. The molecule has 2 amide bonds. The molecule has 1 saturated heterocycles. The van der Waals surface area contributed by atoms with Gasteiger partial charge in [0, 0.05) is 136 Å². The van der Waals surface area contributed by atoms with Gasteiger partial charge in [-0.1, -0.05) is 0 Å². The topological polar surface area (TPSA) is 168 Å². The Morgan fingerprint density at radius 3 is 1.93 bits per heavy atom. The number of aliphatic hydroxyl groups excluding tert-OH is 3. The summed E-state index contributed by atoms with van der Waals surface area (Å²) in [7, 11) is 0. The van der Waals surface area contributed by atoms with Gasteiger partial charge < -0.3 is 36.0 Å². The average molecular weight is 749 g/mol. The van der Waals surface area contributed by atoms with Crippen molar-refractivity contribution < 1.29 is 70.0 Å². The van der Waals surface area contributed by atoms with Gasteiger partial charge in [0.25, 0.3) is 0 Å². The number of aromatic nitrogens is 1. The molecule has 0 saturated carbocycles. The number of carbonyl (C=O) groups excluding carboxylic acids is 2. The number of nitrogens with zero attached hydrogens (tertiary/aromatic N) is 4. The number of β-amino-alcohol motifs (C(OH)–C–C–N with tert-alkyl or cyclic N) is 3. The van der Waals surface area contributed by atoms with E-state index in [9.17, 15) is 30.0 Å². The molecule has 3 rings (SSSR count). The molecule has 244 valence electrons. The predicted molar refractivity (Wildman–Crippen MR) is 161 cm³/mol. The summed E-state index contributed by atoms with van der Waals surface area (Å²) in [5.41, 5.74) is 1.90. The fraction of sp³-hybridized carbons (Fsp3) is 0.655. The Morgan fingerprint density at radius 2 is 1.40 bits per heavy atom. The van der Waals surface area contributed by atoms with Gasteiger partial charge >= 0.3 is 0 Å². The Balaban J connectivity index is 0.00000645. The van der Waals surface area contributed by atoms with Gasteiger partial charge in [0.15, 0.2) is 0 Å². The van der Waals surface area contributed by atoms with Crippen LogP contribution in [0.5, 0.6) is 5.75 Å². The van der Waals surface area contributed by atoms with Crippen molar-refractivity contribution >= 4 is 22.7 Å². The van der Waals surface area contributed by atoms with Gasteiger partial charge in [-0.2, -0.15) is 0 Å². The molecule has 1 aliphatic heterocycles. The average Bonchev–Trinajstić information content (AvgIpc) is 3.37. The van der Waals surface area contributed by atoms with Crippen LogP contribution in [-0.4, -0.2) is 168 Å². The molecular weight excluding hydrogens is 700 g/mol. The van der Waals surface area contributed by atoms with E-state index in [0.29, 0.717) is 58.8 Å². The summed E-state index contributed by atoms with van der Waals surface area (Å²) < 4.78 is 0. The summed E-state index contributed by atoms with van der Waals surface area (Å²) in [6, 6.07) is 4.65. The molecule has 0 aliphatic carbocycles. The van der Waals surface area contributed by atoms with E-state index in [1.165, 1.54) is 0 Å². The van der Waals surface area contributed by atoms with Crippen LogP contribution in [0, 0.1) is 39.9 Å². The van der Waals surface area contributed by atoms with E-state index < -0.39 is 6.04 Å². The van der Waals surface area contributed by atoms with Crippen molar-refractivity contribution in [3.8, 4) is 5.75 Å². The molecule has 1 atom stereocenters. The number of carbonyl (C=O) groups is 2. The number of aromatic amines is 1. The Hall–Kier alpha value is -1.46. The van der Waals surface area contributed by atoms with Gasteiger partial charge in [-0.25, -0.2) is 0 Å². The Labute approximate surface area is 286 Å². The number of H-pyrrole nitrogens is 1. The third-order valence-corrected chi connectivity index (χ3v) is 7.94. The number of fused-ring (bicyclic) bond motifs is 1. The quantitative estimate of drug-likeness (QED) is 0.125. The van der Waals surface area contributed by atoms with Crippen LogP contribution in [0.3, 0.4) is 0 Å². The van der Waals surface area contributed by atoms with E-state index in [1.54, 1.807) is 12.1 Å². The molecular formula is C29H49GdN7O6. The van der Waals surface area contributed by atoms with Crippen molar-refractivity contribution in [2.75, 3.05) is 105 Å². The molecule has 0 bridgehead atoms. The van der Waals surface area contributed by atoms with Crippen LogP contribution in [0.2, 0.25) is 0 Å². The van der Waals surface area contributed by atoms with Crippen molar-refractivity contribution in [1.29, 1.82) is 0 Å². The smallest absolute Gasteiger partial charge is 0.239 e. The molecule has 7 N–H and O–H groups in total. The van der Waals surface area contributed by atoms with Crippen LogP contribution in [0.4, 0.5) is 0 Å². The number of rotatable bonds is 13. The molecule has 43 heavy (non-hydrogen) atoms. The second-order valence-electron chi connectivity index (χ2n) is 10.8. The summed E-state index contributed by atoms with van der Waals surface area (Å²) in [6.45, 7) is 9.39.